The number of carbonyl (C=O) groups excluding carboxylic acids is 11. The Morgan fingerprint density at radius 2 is 0.979 bits per heavy atom. The summed E-state index contributed by atoms with van der Waals surface area (Å²) in [6, 6.07) is 4.53. The number of hydrogen-bond donors (Lipinski definition) is 20. The number of aromatic hydroxyl groups is 1. The van der Waals surface area contributed by atoms with Gasteiger partial charge in [-0.25, -0.2) is 4.79 Å². The average molecular weight is 1360 g/mol. The SMILES string of the molecule is CC(N)C(=O)NCC(=O)NC(C(=O)NC(C)C(=O)NC(CC(=O)O)C(=O)NC(CS)C(=O)NC(Cc1ccccc1)C(=O)NC(Cc1c[nH]c2ccccc12)C(=O)NC(CCCCN)C(=O)NC(Cc1ccc(O)cc1)C(=O)NC(CS)C(=O)NC(C(=O)O)C(C)C)C(C)O. The summed E-state index contributed by atoms with van der Waals surface area (Å²) in [4.78, 5) is 179. The number of hydrogen-bond acceptors (Lipinski definition) is 19. The molecule has 0 aliphatic heterocycles. The number of aromatic nitrogens is 1. The molecule has 1 aromatic heterocycles. The highest BCUT2D eigenvalue weighted by Gasteiger charge is 2.37. The Hall–Kier alpha value is -9.31. The van der Waals surface area contributed by atoms with Crippen LogP contribution in [-0.4, -0.2) is 199 Å². The van der Waals surface area contributed by atoms with Crippen molar-refractivity contribution in [2.45, 2.75) is 152 Å². The molecule has 0 saturated carbocycles. The van der Waals surface area contributed by atoms with E-state index in [4.69, 9.17) is 11.5 Å². The van der Waals surface area contributed by atoms with Crippen LogP contribution in [0, 0.1) is 5.92 Å². The monoisotopic (exact) mass is 1360 g/mol. The second-order valence-corrected chi connectivity index (χ2v) is 23.6. The van der Waals surface area contributed by atoms with E-state index < -0.39 is 174 Å². The molecule has 0 fully saturated rings. The number of aliphatic hydroxyl groups excluding tert-OH is 1. The van der Waals surface area contributed by atoms with Crippen molar-refractivity contribution < 1.29 is 82.8 Å². The molecule has 95 heavy (non-hydrogen) atoms. The number of aromatic amines is 1. The van der Waals surface area contributed by atoms with Crippen LogP contribution in [0.2, 0.25) is 0 Å². The number of amides is 11. The summed E-state index contributed by atoms with van der Waals surface area (Å²) in [5.74, 6) is -15.0. The van der Waals surface area contributed by atoms with E-state index in [9.17, 15) is 78.0 Å². The molecule has 518 valence electrons. The van der Waals surface area contributed by atoms with E-state index in [-0.39, 0.29) is 50.2 Å². The number of carboxylic acid groups (broad SMARTS) is 2. The third kappa shape index (κ3) is 25.5. The fraction of sp³-hybridized carbons (Fsp3) is 0.468. The summed E-state index contributed by atoms with van der Waals surface area (Å²) in [5, 5.41) is 67.5. The van der Waals surface area contributed by atoms with Crippen molar-refractivity contribution in [1.29, 1.82) is 0 Å². The molecule has 4 aromatic rings. The van der Waals surface area contributed by atoms with Crippen LogP contribution in [-0.2, 0) is 81.6 Å². The molecule has 33 heteroatoms. The largest absolute Gasteiger partial charge is 0.508 e. The van der Waals surface area contributed by atoms with Crippen molar-refractivity contribution in [3.05, 3.63) is 102 Å². The number of aliphatic hydroxyl groups is 1. The third-order valence-electron chi connectivity index (χ3n) is 14.8. The predicted molar refractivity (Wildman–Crippen MR) is 353 cm³/mol. The fourth-order valence-electron chi connectivity index (χ4n) is 9.42. The summed E-state index contributed by atoms with van der Waals surface area (Å²) in [7, 11) is 0. The van der Waals surface area contributed by atoms with Crippen molar-refractivity contribution in [3.8, 4) is 5.75 Å². The molecule has 11 amide bonds. The van der Waals surface area contributed by atoms with Gasteiger partial charge in [-0.2, -0.15) is 25.3 Å². The van der Waals surface area contributed by atoms with E-state index in [0.29, 0.717) is 34.0 Å². The molecule has 4 rings (SSSR count). The molecular weight excluding hydrogens is 1280 g/mol. The number of H-pyrrole nitrogens is 1. The van der Waals surface area contributed by atoms with Gasteiger partial charge in [-0.15, -0.1) is 0 Å². The van der Waals surface area contributed by atoms with Gasteiger partial charge in [0, 0.05) is 47.9 Å². The van der Waals surface area contributed by atoms with E-state index in [1.165, 1.54) is 31.2 Å². The first-order valence-corrected chi connectivity index (χ1v) is 31.7. The number of fused-ring (bicyclic) bond motifs is 1. The zero-order valence-electron chi connectivity index (χ0n) is 53.0. The highest BCUT2D eigenvalue weighted by molar-refractivity contribution is 7.80. The summed E-state index contributed by atoms with van der Waals surface area (Å²) >= 11 is 8.48. The van der Waals surface area contributed by atoms with Gasteiger partial charge in [0.15, 0.2) is 0 Å². The summed E-state index contributed by atoms with van der Waals surface area (Å²) < 4.78 is 0. The van der Waals surface area contributed by atoms with Gasteiger partial charge in [-0.1, -0.05) is 74.5 Å². The minimum atomic E-state index is -1.92. The van der Waals surface area contributed by atoms with E-state index in [0.717, 1.165) is 13.8 Å². The van der Waals surface area contributed by atoms with Gasteiger partial charge in [0.2, 0.25) is 65.0 Å². The number of nitrogens with two attached hydrogens (primary N) is 2. The maximum absolute atomic E-state index is 15.0. The standard InChI is InChI=1S/C62H86N14O17S2/c1-31(2)50(62(92)93)76-60(90)47(30-95)74-56(86)43(24-36-18-20-38(78)21-19-36)70-54(84)41(17-11-12-22-63)68-57(87)44(25-37-27-65-40-16-10-9-15-39(37)40)72-55(85)42(23-35-13-7-6-8-14-35)71-59(89)46(29-94)73-58(88)45(26-49(80)81)69-53(83)33(4)67-61(91)51(34(5)77)75-48(79)28-66-52(82)32(3)64/h6-10,13-16,18-21,27,31-34,41-47,50-51,65,77-78,94-95H,11-12,17,22-26,28-30,63-64H2,1-5H3,(H,66,82)(H,67,91)(H,68,87)(H,69,83)(H,70,84)(H,71,89)(H,72,85)(H,73,88)(H,74,86)(H,75,79)(H,76,90)(H,80,81)(H,92,93). The van der Waals surface area contributed by atoms with E-state index >= 15 is 4.79 Å². The minimum Gasteiger partial charge on any atom is -0.508 e. The number of phenols is 1. The van der Waals surface area contributed by atoms with Crippen LogP contribution < -0.4 is 70.0 Å². The first kappa shape index (κ1) is 78.1. The molecule has 31 nitrogen and oxygen atoms in total. The maximum Gasteiger partial charge on any atom is 0.326 e. The summed E-state index contributed by atoms with van der Waals surface area (Å²) in [6.45, 7) is 6.37. The number of unbranched alkanes of at least 4 members (excludes halogenated alkanes) is 1. The number of benzene rings is 3. The van der Waals surface area contributed by atoms with Gasteiger partial charge in [-0.05, 0) is 87.4 Å². The molecule has 0 bridgehead atoms. The Bertz CT molecular complexity index is 3320. The van der Waals surface area contributed by atoms with Crippen LogP contribution in [0.3, 0.4) is 0 Å². The number of aliphatic carboxylic acids is 2. The number of carboxylic acids is 2. The van der Waals surface area contributed by atoms with Gasteiger partial charge < -0.3 is 95.4 Å². The van der Waals surface area contributed by atoms with Crippen LogP contribution in [0.5, 0.6) is 5.75 Å². The smallest absolute Gasteiger partial charge is 0.326 e. The van der Waals surface area contributed by atoms with Gasteiger partial charge in [0.25, 0.3) is 0 Å². The molecule has 0 aliphatic carbocycles. The van der Waals surface area contributed by atoms with Crippen molar-refractivity contribution in [1.82, 2.24) is 63.5 Å². The fourth-order valence-corrected chi connectivity index (χ4v) is 9.94. The lowest BCUT2D eigenvalue weighted by Crippen LogP contribution is -2.61. The van der Waals surface area contributed by atoms with Crippen LogP contribution in [0.1, 0.15) is 77.0 Å². The van der Waals surface area contributed by atoms with Gasteiger partial charge >= 0.3 is 11.9 Å². The lowest BCUT2D eigenvalue weighted by molar-refractivity contribution is -0.143. The van der Waals surface area contributed by atoms with Crippen molar-refractivity contribution in [3.63, 3.8) is 0 Å². The van der Waals surface area contributed by atoms with Crippen molar-refractivity contribution in [2.24, 2.45) is 17.4 Å². The maximum atomic E-state index is 15.0. The second kappa shape index (κ2) is 38.8. The van der Waals surface area contributed by atoms with Crippen LogP contribution in [0.15, 0.2) is 85.1 Å². The highest BCUT2D eigenvalue weighted by atomic mass is 32.1. The molecule has 0 spiro atoms. The van der Waals surface area contributed by atoms with E-state index in [1.807, 2.05) is 0 Å². The normalized spacial score (nSPS) is 14.9. The highest BCUT2D eigenvalue weighted by Crippen LogP contribution is 2.20. The topological polar surface area (TPSA) is 503 Å². The Labute approximate surface area is 558 Å². The van der Waals surface area contributed by atoms with Crippen LogP contribution >= 0.6 is 25.3 Å². The Kier molecular flexibility index (Phi) is 31.9. The Balaban J connectivity index is 1.64. The molecular formula is C62H86N14O17S2. The lowest BCUT2D eigenvalue weighted by atomic mass is 10.0. The van der Waals surface area contributed by atoms with Crippen LogP contribution in [0.4, 0.5) is 0 Å². The van der Waals surface area contributed by atoms with Crippen LogP contribution in [0.25, 0.3) is 10.9 Å². The number of para-hydroxylation sites is 1. The minimum absolute atomic E-state index is 0.0647. The van der Waals surface area contributed by atoms with Crippen molar-refractivity contribution in [2.75, 3.05) is 24.6 Å². The zero-order valence-corrected chi connectivity index (χ0v) is 54.8. The van der Waals surface area contributed by atoms with Crippen molar-refractivity contribution >= 4 is 113 Å². The second-order valence-electron chi connectivity index (χ2n) is 22.9. The molecule has 12 unspecified atom stereocenters. The van der Waals surface area contributed by atoms with Gasteiger partial charge in [0.1, 0.15) is 66.2 Å². The van der Waals surface area contributed by atoms with E-state index in [1.54, 1.807) is 74.6 Å². The molecule has 1 heterocycles. The summed E-state index contributed by atoms with van der Waals surface area (Å²) in [5.41, 5.74) is 13.5. The number of rotatable bonds is 39. The summed E-state index contributed by atoms with van der Waals surface area (Å²) in [6.07, 6.45) is -1.11. The number of thiol groups is 2. The quantitative estimate of drug-likeness (QED) is 0.0155. The third-order valence-corrected chi connectivity index (χ3v) is 15.5. The first-order chi connectivity index (χ1) is 45.0. The zero-order chi connectivity index (χ0) is 70.6. The molecule has 20 N–H and O–H groups in total. The van der Waals surface area contributed by atoms with Gasteiger partial charge in [-0.3, -0.25) is 57.5 Å². The van der Waals surface area contributed by atoms with Gasteiger partial charge in [0.05, 0.1) is 25.1 Å². The lowest BCUT2D eigenvalue weighted by Gasteiger charge is -2.28. The molecule has 0 radical (unpaired) electrons. The number of phenolic OH excluding ortho intramolecular Hbond substituents is 1. The number of carbonyl (C=O) groups is 13. The first-order valence-electron chi connectivity index (χ1n) is 30.4. The predicted octanol–water partition coefficient (Wildman–Crippen LogP) is -3.18. The van der Waals surface area contributed by atoms with E-state index in [2.05, 4.69) is 88.7 Å². The Morgan fingerprint density at radius 1 is 0.505 bits per heavy atom. The molecule has 3 aromatic carbocycles. The number of nitrogens with one attached hydrogen (secondary N) is 12. The molecule has 0 saturated heterocycles. The molecule has 0 aliphatic rings. The Morgan fingerprint density at radius 3 is 1.49 bits per heavy atom. The average Bonchev–Trinajstić information content (AvgIpc) is 1.75. The molecule has 12 atom stereocenters.